The first-order valence-electron chi connectivity index (χ1n) is 6.09. The fraction of sp³-hybridized carbons (Fsp3) is 0.286. The van der Waals surface area contributed by atoms with E-state index < -0.39 is 0 Å². The summed E-state index contributed by atoms with van der Waals surface area (Å²) in [4.78, 5) is 17.9. The van der Waals surface area contributed by atoms with Crippen LogP contribution in [0.4, 0.5) is 0 Å². The Labute approximate surface area is 132 Å². The molecule has 19 heavy (non-hydrogen) atoms. The van der Waals surface area contributed by atoms with E-state index in [1.54, 1.807) is 6.20 Å². The van der Waals surface area contributed by atoms with Crippen molar-refractivity contribution in [3.63, 3.8) is 0 Å². The highest BCUT2D eigenvalue weighted by Crippen LogP contribution is 2.38. The van der Waals surface area contributed by atoms with Crippen molar-refractivity contribution in [3.8, 4) is 0 Å². The number of pyridine rings is 1. The Bertz CT molecular complexity index is 619. The molecule has 1 aliphatic carbocycles. The van der Waals surface area contributed by atoms with Crippen molar-refractivity contribution in [1.29, 1.82) is 0 Å². The highest BCUT2D eigenvalue weighted by atomic mass is 79.9. The van der Waals surface area contributed by atoms with Gasteiger partial charge in [-0.3, -0.25) is 9.78 Å². The van der Waals surface area contributed by atoms with Crippen molar-refractivity contribution in [3.05, 3.63) is 48.8 Å². The van der Waals surface area contributed by atoms with E-state index in [1.807, 2.05) is 12.1 Å². The Kier molecular flexibility index (Phi) is 3.87. The minimum absolute atomic E-state index is 0.0811. The number of nitrogens with zero attached hydrogens (tertiary/aromatic N) is 1. The fourth-order valence-electron chi connectivity index (χ4n) is 2.50. The summed E-state index contributed by atoms with van der Waals surface area (Å²) in [5, 5.41) is 0. The van der Waals surface area contributed by atoms with E-state index in [-0.39, 0.29) is 11.7 Å². The number of Topliss-reactive ketones (excluding diaryl/α,β-unsaturated/α-hetero) is 1. The molecule has 0 radical (unpaired) electrons. The van der Waals surface area contributed by atoms with E-state index in [0.717, 1.165) is 38.1 Å². The van der Waals surface area contributed by atoms with Crippen LogP contribution in [0.1, 0.15) is 39.7 Å². The number of thiophene rings is 1. The van der Waals surface area contributed by atoms with E-state index in [0.29, 0.717) is 0 Å². The second kappa shape index (κ2) is 5.46. The average molecular weight is 401 g/mol. The summed E-state index contributed by atoms with van der Waals surface area (Å²) in [5.74, 6) is 0.110. The lowest BCUT2D eigenvalue weighted by Crippen LogP contribution is -2.19. The maximum absolute atomic E-state index is 12.7. The van der Waals surface area contributed by atoms with Crippen LogP contribution in [0, 0.1) is 0 Å². The predicted octanol–water partition coefficient (Wildman–Crippen LogP) is 4.97. The minimum Gasteiger partial charge on any atom is -0.293 e. The first-order valence-corrected chi connectivity index (χ1v) is 8.50. The molecule has 2 aromatic rings. The second-order valence-corrected chi connectivity index (χ2v) is 7.81. The van der Waals surface area contributed by atoms with Crippen LogP contribution in [0.2, 0.25) is 0 Å². The van der Waals surface area contributed by atoms with Gasteiger partial charge in [0.15, 0.2) is 5.78 Å². The van der Waals surface area contributed by atoms with Crippen LogP contribution in [0.15, 0.2) is 32.7 Å². The molecule has 1 unspecified atom stereocenters. The van der Waals surface area contributed by atoms with Crippen molar-refractivity contribution in [2.24, 2.45) is 0 Å². The Morgan fingerprint density at radius 1 is 1.42 bits per heavy atom. The number of aryl methyl sites for hydroxylation is 1. The lowest BCUT2D eigenvalue weighted by Gasteiger charge is -2.22. The van der Waals surface area contributed by atoms with Crippen molar-refractivity contribution in [1.82, 2.24) is 4.98 Å². The topological polar surface area (TPSA) is 30.0 Å². The van der Waals surface area contributed by atoms with Gasteiger partial charge in [0.2, 0.25) is 0 Å². The van der Waals surface area contributed by atoms with Crippen LogP contribution in [-0.4, -0.2) is 10.8 Å². The van der Waals surface area contributed by atoms with Gasteiger partial charge in [0.1, 0.15) is 0 Å². The smallest absolute Gasteiger partial charge is 0.181 e. The zero-order valence-corrected chi connectivity index (χ0v) is 14.0. The van der Waals surface area contributed by atoms with Gasteiger partial charge in [-0.1, -0.05) is 6.07 Å². The maximum Gasteiger partial charge on any atom is 0.181 e. The largest absolute Gasteiger partial charge is 0.293 e. The average Bonchev–Trinajstić information content (AvgIpc) is 2.77. The molecule has 0 spiro atoms. The van der Waals surface area contributed by atoms with Gasteiger partial charge in [0.05, 0.1) is 20.3 Å². The van der Waals surface area contributed by atoms with Crippen molar-refractivity contribution in [2.75, 3.05) is 0 Å². The lowest BCUT2D eigenvalue weighted by atomic mass is 9.83. The number of ketones is 1. The van der Waals surface area contributed by atoms with E-state index in [4.69, 9.17) is 0 Å². The number of hydrogen-bond donors (Lipinski definition) is 0. The third-order valence-corrected chi connectivity index (χ3v) is 6.67. The van der Waals surface area contributed by atoms with Crippen LogP contribution < -0.4 is 0 Å². The summed E-state index contributed by atoms with van der Waals surface area (Å²) in [6.07, 6.45) is 4.77. The fourth-order valence-corrected chi connectivity index (χ4v) is 4.53. The van der Waals surface area contributed by atoms with Gasteiger partial charge < -0.3 is 0 Å². The number of carbonyl (C=O) groups excluding carboxylic acids is 1. The van der Waals surface area contributed by atoms with Crippen molar-refractivity contribution < 1.29 is 4.79 Å². The van der Waals surface area contributed by atoms with Crippen LogP contribution in [-0.2, 0) is 6.42 Å². The number of halogens is 2. The van der Waals surface area contributed by atoms with Crippen molar-refractivity contribution >= 4 is 49.0 Å². The molecular weight excluding hydrogens is 390 g/mol. The number of fused-ring (bicyclic) bond motifs is 1. The molecule has 0 saturated carbocycles. The van der Waals surface area contributed by atoms with Gasteiger partial charge in [-0.05, 0) is 68.8 Å². The molecule has 1 atom stereocenters. The lowest BCUT2D eigenvalue weighted by molar-refractivity contribution is 0.0953. The van der Waals surface area contributed by atoms with Crippen LogP contribution in [0.3, 0.4) is 0 Å². The van der Waals surface area contributed by atoms with Gasteiger partial charge >= 0.3 is 0 Å². The normalized spacial score (nSPS) is 18.1. The molecule has 0 N–H and O–H groups in total. The molecule has 0 saturated heterocycles. The second-order valence-electron chi connectivity index (χ2n) is 4.59. The minimum atomic E-state index is -0.0811. The predicted molar refractivity (Wildman–Crippen MR) is 84.0 cm³/mol. The number of rotatable bonds is 2. The van der Waals surface area contributed by atoms with E-state index >= 15 is 0 Å². The van der Waals surface area contributed by atoms with Crippen LogP contribution in [0.25, 0.3) is 0 Å². The summed E-state index contributed by atoms with van der Waals surface area (Å²) in [7, 11) is 0. The molecular formula is C14H11Br2NOS. The Hall–Kier alpha value is -0.520. The van der Waals surface area contributed by atoms with Crippen LogP contribution >= 0.6 is 43.2 Å². The Balaban J connectivity index is 1.97. The highest BCUT2D eigenvalue weighted by Gasteiger charge is 2.29. The van der Waals surface area contributed by atoms with Crippen molar-refractivity contribution in [2.45, 2.75) is 25.2 Å². The summed E-state index contributed by atoms with van der Waals surface area (Å²) < 4.78 is 1.91. The Morgan fingerprint density at radius 3 is 3.00 bits per heavy atom. The number of aromatic nitrogens is 1. The molecule has 1 aliphatic rings. The van der Waals surface area contributed by atoms with Gasteiger partial charge in [-0.15, -0.1) is 11.3 Å². The highest BCUT2D eigenvalue weighted by molar-refractivity contribution is 9.13. The zero-order valence-electron chi connectivity index (χ0n) is 10.0. The number of hydrogen-bond acceptors (Lipinski definition) is 3. The Morgan fingerprint density at radius 2 is 2.26 bits per heavy atom. The summed E-state index contributed by atoms with van der Waals surface area (Å²) in [6.45, 7) is 0. The SMILES string of the molecule is O=C(c1cc(Br)c(Br)s1)C1CCCc2cccnc21. The van der Waals surface area contributed by atoms with Gasteiger partial charge in [-0.2, -0.15) is 0 Å². The molecule has 2 nitrogen and oxygen atoms in total. The van der Waals surface area contributed by atoms with Gasteiger partial charge in [-0.25, -0.2) is 0 Å². The molecule has 0 aromatic carbocycles. The van der Waals surface area contributed by atoms with Gasteiger partial charge in [0.25, 0.3) is 0 Å². The maximum atomic E-state index is 12.7. The summed E-state index contributed by atoms with van der Waals surface area (Å²) in [6, 6.07) is 5.93. The molecule has 0 bridgehead atoms. The summed E-state index contributed by atoms with van der Waals surface area (Å²) >= 11 is 8.36. The van der Waals surface area contributed by atoms with Crippen LogP contribution in [0.5, 0.6) is 0 Å². The van der Waals surface area contributed by atoms with E-state index in [2.05, 4.69) is 42.9 Å². The molecule has 98 valence electrons. The molecule has 0 fully saturated rings. The molecule has 2 heterocycles. The third kappa shape index (κ3) is 2.56. The standard InChI is InChI=1S/C14H11Br2NOS/c15-10-7-11(19-14(10)16)13(18)9-5-1-3-8-4-2-6-17-12(8)9/h2,4,6-7,9H,1,3,5H2. The van der Waals surface area contributed by atoms with E-state index in [9.17, 15) is 4.79 Å². The first-order chi connectivity index (χ1) is 9.16. The summed E-state index contributed by atoms with van der Waals surface area (Å²) in [5.41, 5.74) is 2.20. The molecule has 0 aliphatic heterocycles. The molecule has 0 amide bonds. The quantitative estimate of drug-likeness (QED) is 0.666. The first kappa shape index (κ1) is 13.5. The monoisotopic (exact) mass is 399 g/mol. The molecule has 2 aromatic heterocycles. The van der Waals surface area contributed by atoms with E-state index in [1.165, 1.54) is 16.9 Å². The molecule has 5 heteroatoms. The van der Waals surface area contributed by atoms with Gasteiger partial charge in [0, 0.05) is 10.7 Å². The zero-order chi connectivity index (χ0) is 13.4. The molecule has 3 rings (SSSR count). The number of carbonyl (C=O) groups is 1. The third-order valence-electron chi connectivity index (χ3n) is 3.40.